The van der Waals surface area contributed by atoms with Crippen molar-refractivity contribution in [3.63, 3.8) is 0 Å². The second-order valence-electron chi connectivity index (χ2n) is 8.17. The van der Waals surface area contributed by atoms with Gasteiger partial charge in [-0.3, -0.25) is 33.7 Å². The minimum absolute atomic E-state index is 0.00694. The molecule has 2 N–H and O–H groups in total. The molecule has 11 heteroatoms. The molecular weight excluding hydrogens is 490 g/mol. The van der Waals surface area contributed by atoms with E-state index in [2.05, 4.69) is 10.3 Å². The van der Waals surface area contributed by atoms with E-state index in [0.29, 0.717) is 27.8 Å². The summed E-state index contributed by atoms with van der Waals surface area (Å²) in [6.45, 7) is 5.88. The zero-order valence-electron chi connectivity index (χ0n) is 20.3. The summed E-state index contributed by atoms with van der Waals surface area (Å²) in [5, 5.41) is 2.76. The predicted molar refractivity (Wildman–Crippen MR) is 129 cm³/mol. The first-order chi connectivity index (χ1) is 17.4. The van der Waals surface area contributed by atoms with E-state index in [4.69, 9.17) is 9.78 Å². The number of anilines is 1. The van der Waals surface area contributed by atoms with Crippen molar-refractivity contribution in [2.45, 2.75) is 34.1 Å². The van der Waals surface area contributed by atoms with Crippen LogP contribution >= 0.6 is 0 Å². The number of aromatic amines is 1. The number of hydrogen-bond acceptors (Lipinski definition) is 7. The Bertz CT molecular complexity index is 1480. The molecule has 2 aromatic carbocycles. The van der Waals surface area contributed by atoms with Crippen molar-refractivity contribution in [1.82, 2.24) is 4.98 Å². The number of benzene rings is 2. The number of ketones is 4. The van der Waals surface area contributed by atoms with Gasteiger partial charge in [0.05, 0.1) is 34.3 Å². The van der Waals surface area contributed by atoms with Gasteiger partial charge in [-0.15, -0.1) is 0 Å². The van der Waals surface area contributed by atoms with Crippen LogP contribution in [0.1, 0.15) is 50.0 Å². The highest BCUT2D eigenvalue weighted by atomic mass is 19.1. The first-order valence-electron chi connectivity index (χ1n) is 10.9. The van der Waals surface area contributed by atoms with Crippen molar-refractivity contribution in [2.75, 3.05) is 5.32 Å². The van der Waals surface area contributed by atoms with E-state index in [0.717, 1.165) is 0 Å². The lowest BCUT2D eigenvalue weighted by Crippen LogP contribution is -2.12. The third kappa shape index (κ3) is 5.77. The van der Waals surface area contributed by atoms with Crippen molar-refractivity contribution in [2.24, 2.45) is 0 Å². The lowest BCUT2D eigenvalue weighted by atomic mass is 10.00. The van der Waals surface area contributed by atoms with E-state index in [9.17, 15) is 32.8 Å². The van der Waals surface area contributed by atoms with Crippen LogP contribution < -0.4 is 10.2 Å². The fourth-order valence-electron chi connectivity index (χ4n) is 3.70. The second-order valence-corrected chi connectivity index (χ2v) is 8.17. The molecule has 0 aliphatic carbocycles. The molecule has 5 rings (SSSR count). The summed E-state index contributed by atoms with van der Waals surface area (Å²) < 4.78 is 26.5. The van der Waals surface area contributed by atoms with Crippen LogP contribution in [0.5, 0.6) is 5.88 Å². The standard InChI is InChI=1S/C13H10FNO3.C8H4FNO2.C5H8O2/c1-6(16)10-7(2)17-18-13-11(10)8-4-3-5-9(14)12(8)15-13;9-5-3-1-2-4-6(5)10-8(12)7(4)11;1-4(6)3-5(2)7/h3-5,15H,1-2H3;1-3H,(H,10,11,12);3H2,1-2H3. The summed E-state index contributed by atoms with van der Waals surface area (Å²) in [7, 11) is 0. The van der Waals surface area contributed by atoms with E-state index in [1.54, 1.807) is 19.1 Å². The van der Waals surface area contributed by atoms with Crippen molar-refractivity contribution in [3.05, 3.63) is 64.9 Å². The molecule has 0 bridgehead atoms. The maximum absolute atomic E-state index is 13.7. The Morgan fingerprint density at radius 3 is 2.08 bits per heavy atom. The third-order valence-electron chi connectivity index (χ3n) is 5.15. The van der Waals surface area contributed by atoms with E-state index in [-0.39, 0.29) is 40.9 Å². The van der Waals surface area contributed by atoms with Gasteiger partial charge in [-0.05, 0) is 45.9 Å². The van der Waals surface area contributed by atoms with Gasteiger partial charge in [0.1, 0.15) is 23.2 Å². The van der Waals surface area contributed by atoms with Gasteiger partial charge in [0.25, 0.3) is 17.6 Å². The lowest BCUT2D eigenvalue weighted by molar-refractivity contribution is -0.171. The molecule has 0 saturated heterocycles. The number of aromatic nitrogens is 1. The molecule has 2 aliphatic rings. The number of carbonyl (C=O) groups is 5. The summed E-state index contributed by atoms with van der Waals surface area (Å²) in [6, 6.07) is 8.67. The van der Waals surface area contributed by atoms with Crippen LogP contribution in [-0.4, -0.2) is 34.0 Å². The number of halogens is 2. The highest BCUT2D eigenvalue weighted by Gasteiger charge is 2.30. The minimum Gasteiger partial charge on any atom is -0.319 e. The van der Waals surface area contributed by atoms with Crippen LogP contribution in [0.4, 0.5) is 14.5 Å². The molecule has 9 nitrogen and oxygen atoms in total. The number of fused-ring (bicyclic) bond motifs is 4. The Morgan fingerprint density at radius 1 is 0.892 bits per heavy atom. The molecule has 3 heterocycles. The Balaban J connectivity index is 0.000000173. The van der Waals surface area contributed by atoms with E-state index >= 15 is 0 Å². The summed E-state index contributed by atoms with van der Waals surface area (Å²) in [4.78, 5) is 66.2. The number of allylic oxidation sites excluding steroid dienone is 2. The Morgan fingerprint density at radius 2 is 1.51 bits per heavy atom. The first-order valence-corrected chi connectivity index (χ1v) is 10.9. The molecule has 0 radical (unpaired) electrons. The molecule has 37 heavy (non-hydrogen) atoms. The van der Waals surface area contributed by atoms with Gasteiger partial charge < -0.3 is 10.3 Å². The number of carbonyl (C=O) groups excluding carboxylic acids is 5. The average molecular weight is 512 g/mol. The highest BCUT2D eigenvalue weighted by Crippen LogP contribution is 2.40. The zero-order chi connectivity index (χ0) is 27.4. The average Bonchev–Trinajstić information content (AvgIpc) is 3.33. The molecule has 0 spiro atoms. The molecule has 0 fully saturated rings. The molecule has 192 valence electrons. The smallest absolute Gasteiger partial charge is 0.296 e. The Hall–Kier alpha value is -4.67. The number of hydrogen-bond donors (Lipinski definition) is 2. The van der Waals surface area contributed by atoms with Crippen LogP contribution in [0.2, 0.25) is 0 Å². The fraction of sp³-hybridized carbons (Fsp3) is 0.192. The highest BCUT2D eigenvalue weighted by molar-refractivity contribution is 6.51. The van der Waals surface area contributed by atoms with E-state index in [1.165, 1.54) is 45.0 Å². The van der Waals surface area contributed by atoms with Crippen LogP contribution in [0.15, 0.2) is 42.2 Å². The number of amides is 1. The van der Waals surface area contributed by atoms with E-state index in [1.807, 2.05) is 0 Å². The molecule has 0 atom stereocenters. The van der Waals surface area contributed by atoms with Crippen LogP contribution in [-0.2, 0) is 24.1 Å². The molecule has 0 unspecified atom stereocenters. The van der Waals surface area contributed by atoms with E-state index < -0.39 is 23.3 Å². The van der Waals surface area contributed by atoms with Crippen molar-refractivity contribution in [1.29, 1.82) is 0 Å². The normalized spacial score (nSPS) is 13.1. The number of nitrogens with one attached hydrogen (secondary N) is 2. The van der Waals surface area contributed by atoms with Gasteiger partial charge >= 0.3 is 0 Å². The van der Waals surface area contributed by atoms with Crippen molar-refractivity contribution >= 4 is 51.2 Å². The van der Waals surface area contributed by atoms with Gasteiger partial charge in [-0.2, -0.15) is 0 Å². The first kappa shape index (κ1) is 26.9. The molecule has 0 saturated carbocycles. The van der Waals surface area contributed by atoms with Crippen LogP contribution in [0.3, 0.4) is 0 Å². The summed E-state index contributed by atoms with van der Waals surface area (Å²) in [5.41, 5.74) is 1.38. The molecule has 3 aromatic rings. The minimum atomic E-state index is -0.768. The summed E-state index contributed by atoms with van der Waals surface area (Å²) in [6.07, 6.45) is 0.0833. The van der Waals surface area contributed by atoms with Gasteiger partial charge in [0, 0.05) is 5.39 Å². The topological polar surface area (TPSA) is 132 Å². The predicted octanol–water partition coefficient (Wildman–Crippen LogP) is 4.47. The monoisotopic (exact) mass is 512 g/mol. The molecular formula is C26H22F2N2O7. The van der Waals surface area contributed by atoms with Gasteiger partial charge in [0.2, 0.25) is 0 Å². The number of Topliss-reactive ketones (excluding diaryl/α,β-unsaturated/α-hetero) is 4. The molecule has 1 amide bonds. The van der Waals surface area contributed by atoms with Gasteiger partial charge in [-0.1, -0.05) is 18.2 Å². The lowest BCUT2D eigenvalue weighted by Gasteiger charge is -2.15. The SMILES string of the molecule is CC(=O)C1=C(C)OOc2[nH]c3c(F)cccc3c21.CC(=O)CC(C)=O.O=C1Nc2c(F)cccc2C1=O. The molecule has 2 aliphatic heterocycles. The van der Waals surface area contributed by atoms with Gasteiger partial charge in [0.15, 0.2) is 11.5 Å². The molecule has 1 aromatic heterocycles. The number of para-hydroxylation sites is 2. The van der Waals surface area contributed by atoms with Crippen LogP contribution in [0, 0.1) is 11.6 Å². The largest absolute Gasteiger partial charge is 0.319 e. The summed E-state index contributed by atoms with van der Waals surface area (Å²) in [5.74, 6) is -2.06. The zero-order valence-corrected chi connectivity index (χ0v) is 20.3. The van der Waals surface area contributed by atoms with Crippen LogP contribution in [0.25, 0.3) is 16.5 Å². The van der Waals surface area contributed by atoms with Gasteiger partial charge in [-0.25, -0.2) is 8.78 Å². The second kappa shape index (κ2) is 10.9. The maximum Gasteiger partial charge on any atom is 0.296 e. The quantitative estimate of drug-likeness (QED) is 0.301. The number of rotatable bonds is 3. The summed E-state index contributed by atoms with van der Waals surface area (Å²) >= 11 is 0. The Labute approximate surface area is 209 Å². The maximum atomic E-state index is 13.7. The van der Waals surface area contributed by atoms with Crippen molar-refractivity contribution in [3.8, 4) is 5.88 Å². The Kier molecular flexibility index (Phi) is 7.96. The van der Waals surface area contributed by atoms with Crippen molar-refractivity contribution < 1.29 is 42.5 Å². The number of H-pyrrole nitrogens is 1. The fourth-order valence-corrected chi connectivity index (χ4v) is 3.70. The third-order valence-corrected chi connectivity index (χ3v) is 5.15.